The van der Waals surface area contributed by atoms with Crippen LogP contribution in [-0.2, 0) is 9.59 Å². The molecule has 0 atom stereocenters. The molecular weight excluding hydrogens is 430 g/mol. The molecule has 0 heterocycles. The van der Waals surface area contributed by atoms with Gasteiger partial charge in [0.05, 0.1) is 0 Å². The van der Waals surface area contributed by atoms with Crippen LogP contribution in [0.3, 0.4) is 0 Å². The summed E-state index contributed by atoms with van der Waals surface area (Å²) < 4.78 is 5.60. The molecule has 7 nitrogen and oxygen atoms in total. The summed E-state index contributed by atoms with van der Waals surface area (Å²) in [5.41, 5.74) is 1.31. The van der Waals surface area contributed by atoms with E-state index >= 15 is 0 Å². The van der Waals surface area contributed by atoms with Crippen molar-refractivity contribution in [1.82, 2.24) is 0 Å². The Kier molecular flexibility index (Phi) is 7.46. The Labute approximate surface area is 189 Å². The number of hydrogen-bond acceptors (Lipinski definition) is 5. The van der Waals surface area contributed by atoms with E-state index < -0.39 is 5.91 Å². The molecule has 0 fully saturated rings. The number of ether oxygens (including phenoxy) is 1. The maximum absolute atomic E-state index is 12.5. The van der Waals surface area contributed by atoms with E-state index in [-0.39, 0.29) is 23.8 Å². The predicted octanol–water partition coefficient (Wildman–Crippen LogP) is 4.61. The summed E-state index contributed by atoms with van der Waals surface area (Å²) in [6, 6.07) is 21.1. The second-order valence-corrected chi connectivity index (χ2v) is 6.99. The van der Waals surface area contributed by atoms with Crippen LogP contribution in [-0.4, -0.2) is 23.5 Å². The predicted molar refractivity (Wildman–Crippen MR) is 122 cm³/mol. The van der Waals surface area contributed by atoms with E-state index in [1.165, 1.54) is 30.3 Å². The van der Waals surface area contributed by atoms with Crippen molar-refractivity contribution in [1.29, 1.82) is 5.26 Å². The van der Waals surface area contributed by atoms with Gasteiger partial charge in [-0.1, -0.05) is 29.8 Å². The van der Waals surface area contributed by atoms with Crippen molar-refractivity contribution in [2.24, 2.45) is 0 Å². The van der Waals surface area contributed by atoms with Crippen LogP contribution in [0.5, 0.6) is 11.5 Å². The summed E-state index contributed by atoms with van der Waals surface area (Å²) >= 11 is 5.83. The summed E-state index contributed by atoms with van der Waals surface area (Å²) in [7, 11) is 0. The van der Waals surface area contributed by atoms with Gasteiger partial charge in [-0.15, -0.1) is 0 Å². The standard InChI is InChI=1S/C24H18ClN3O4/c25-18-5-7-19(8-6-18)27-23(30)15-32-22-4-2-1-3-16(22)13-17(14-26)24(31)28-20-9-11-21(29)12-10-20/h1-13,29H,15H2,(H,27,30)(H,28,31)/b17-13+. The van der Waals surface area contributed by atoms with Crippen molar-refractivity contribution in [3.8, 4) is 17.6 Å². The number of nitrogens with zero attached hydrogens (tertiary/aromatic N) is 1. The fourth-order valence-electron chi connectivity index (χ4n) is 2.65. The Morgan fingerprint density at radius 2 is 1.59 bits per heavy atom. The van der Waals surface area contributed by atoms with Crippen LogP contribution in [0, 0.1) is 11.3 Å². The largest absolute Gasteiger partial charge is 0.508 e. The zero-order chi connectivity index (χ0) is 22.9. The van der Waals surface area contributed by atoms with Crippen LogP contribution in [0.4, 0.5) is 11.4 Å². The third kappa shape index (κ3) is 6.36. The van der Waals surface area contributed by atoms with Crippen LogP contribution in [0.15, 0.2) is 78.4 Å². The third-order valence-electron chi connectivity index (χ3n) is 4.20. The van der Waals surface area contributed by atoms with Gasteiger partial charge in [-0.3, -0.25) is 9.59 Å². The van der Waals surface area contributed by atoms with E-state index in [4.69, 9.17) is 16.3 Å². The molecule has 3 rings (SSSR count). The van der Waals surface area contributed by atoms with Gasteiger partial charge in [0, 0.05) is 22.0 Å². The molecule has 2 amide bonds. The highest BCUT2D eigenvalue weighted by molar-refractivity contribution is 6.30. The molecule has 0 aromatic heterocycles. The molecule has 3 aromatic rings. The minimum absolute atomic E-state index is 0.0604. The van der Waals surface area contributed by atoms with Crippen molar-refractivity contribution >= 4 is 40.9 Å². The smallest absolute Gasteiger partial charge is 0.266 e. The van der Waals surface area contributed by atoms with Crippen LogP contribution >= 0.6 is 11.6 Å². The first-order valence-electron chi connectivity index (χ1n) is 9.44. The average Bonchev–Trinajstić information content (AvgIpc) is 2.79. The van der Waals surface area contributed by atoms with Gasteiger partial charge >= 0.3 is 0 Å². The van der Waals surface area contributed by atoms with Gasteiger partial charge in [-0.05, 0) is 60.7 Å². The first-order chi connectivity index (χ1) is 15.4. The van der Waals surface area contributed by atoms with E-state index in [1.807, 2.05) is 6.07 Å². The minimum Gasteiger partial charge on any atom is -0.508 e. The number of aromatic hydroxyl groups is 1. The summed E-state index contributed by atoms with van der Waals surface area (Å²) in [6.45, 7) is -0.269. The Morgan fingerprint density at radius 1 is 0.969 bits per heavy atom. The number of phenols is 1. The summed E-state index contributed by atoms with van der Waals surface area (Å²) in [5.74, 6) is -0.598. The number of phenolic OH excluding ortho intramolecular Hbond substituents is 1. The third-order valence-corrected chi connectivity index (χ3v) is 4.45. The van der Waals surface area contributed by atoms with Crippen LogP contribution in [0.1, 0.15) is 5.56 Å². The second-order valence-electron chi connectivity index (χ2n) is 6.55. The molecule has 3 N–H and O–H groups in total. The van der Waals surface area contributed by atoms with Crippen molar-refractivity contribution < 1.29 is 19.4 Å². The number of hydrogen-bond donors (Lipinski definition) is 3. The fraction of sp³-hybridized carbons (Fsp3) is 0.0417. The second kappa shape index (κ2) is 10.7. The van der Waals surface area contributed by atoms with E-state index in [9.17, 15) is 20.0 Å². The Morgan fingerprint density at radius 3 is 2.28 bits per heavy atom. The molecule has 0 aliphatic rings. The zero-order valence-corrected chi connectivity index (χ0v) is 17.5. The average molecular weight is 448 g/mol. The molecular formula is C24H18ClN3O4. The molecule has 160 valence electrons. The van der Waals surface area contributed by atoms with Gasteiger partial charge in [0.15, 0.2) is 6.61 Å². The van der Waals surface area contributed by atoms with E-state index in [1.54, 1.807) is 48.5 Å². The first-order valence-corrected chi connectivity index (χ1v) is 9.82. The first kappa shape index (κ1) is 22.4. The lowest BCUT2D eigenvalue weighted by atomic mass is 10.1. The lowest BCUT2D eigenvalue weighted by molar-refractivity contribution is -0.118. The maximum Gasteiger partial charge on any atom is 0.266 e. The van der Waals surface area contributed by atoms with Crippen LogP contribution in [0.2, 0.25) is 5.02 Å². The number of benzene rings is 3. The molecule has 0 bridgehead atoms. The van der Waals surface area contributed by atoms with Gasteiger partial charge in [0.2, 0.25) is 0 Å². The SMILES string of the molecule is N#C/C(=C\c1ccccc1OCC(=O)Nc1ccc(Cl)cc1)C(=O)Nc1ccc(O)cc1. The van der Waals surface area contributed by atoms with Crippen LogP contribution < -0.4 is 15.4 Å². The highest BCUT2D eigenvalue weighted by Crippen LogP contribution is 2.22. The van der Waals surface area contributed by atoms with Crippen molar-refractivity contribution in [2.75, 3.05) is 17.2 Å². The molecule has 8 heteroatoms. The summed E-state index contributed by atoms with van der Waals surface area (Å²) in [6.07, 6.45) is 1.38. The Hall–Kier alpha value is -4.28. The number of nitriles is 1. The van der Waals surface area contributed by atoms with Crippen LogP contribution in [0.25, 0.3) is 6.08 Å². The van der Waals surface area contributed by atoms with E-state index in [0.717, 1.165) is 0 Å². The molecule has 0 aliphatic carbocycles. The maximum atomic E-state index is 12.5. The van der Waals surface area contributed by atoms with Gasteiger partial charge < -0.3 is 20.5 Å². The molecule has 0 aliphatic heterocycles. The summed E-state index contributed by atoms with van der Waals surface area (Å²) in [5, 5.41) is 24.6. The molecule has 0 unspecified atom stereocenters. The van der Waals surface area contributed by atoms with E-state index in [0.29, 0.717) is 27.7 Å². The lowest BCUT2D eigenvalue weighted by Gasteiger charge is -2.10. The number of amides is 2. The number of anilines is 2. The van der Waals surface area contributed by atoms with Crippen molar-refractivity contribution in [3.05, 3.63) is 89.0 Å². The van der Waals surface area contributed by atoms with Crippen molar-refractivity contribution in [2.45, 2.75) is 0 Å². The molecule has 0 radical (unpaired) electrons. The Bertz CT molecular complexity index is 1180. The monoisotopic (exact) mass is 447 g/mol. The number of halogens is 1. The highest BCUT2D eigenvalue weighted by Gasteiger charge is 2.12. The van der Waals surface area contributed by atoms with Gasteiger partial charge in [0.25, 0.3) is 11.8 Å². The van der Waals surface area contributed by atoms with Crippen molar-refractivity contribution in [3.63, 3.8) is 0 Å². The topological polar surface area (TPSA) is 111 Å². The van der Waals surface area contributed by atoms with Gasteiger partial charge in [-0.25, -0.2) is 0 Å². The lowest BCUT2D eigenvalue weighted by Crippen LogP contribution is -2.20. The number of carbonyl (C=O) groups excluding carboxylic acids is 2. The molecule has 32 heavy (non-hydrogen) atoms. The minimum atomic E-state index is -0.617. The fourth-order valence-corrected chi connectivity index (χ4v) is 2.78. The molecule has 0 saturated carbocycles. The number of carbonyl (C=O) groups is 2. The molecule has 3 aromatic carbocycles. The van der Waals surface area contributed by atoms with Gasteiger partial charge in [0.1, 0.15) is 23.1 Å². The number of nitrogens with one attached hydrogen (secondary N) is 2. The summed E-state index contributed by atoms with van der Waals surface area (Å²) in [4.78, 5) is 24.6. The number of rotatable bonds is 7. The molecule has 0 spiro atoms. The quantitative estimate of drug-likeness (QED) is 0.278. The number of para-hydroxylation sites is 1. The normalized spacial score (nSPS) is 10.7. The highest BCUT2D eigenvalue weighted by atomic mass is 35.5. The molecule has 0 saturated heterocycles. The Balaban J connectivity index is 1.68. The van der Waals surface area contributed by atoms with Gasteiger partial charge in [-0.2, -0.15) is 5.26 Å². The zero-order valence-electron chi connectivity index (χ0n) is 16.7. The van der Waals surface area contributed by atoms with E-state index in [2.05, 4.69) is 10.6 Å².